The number of thiazole rings is 1. The predicted molar refractivity (Wildman–Crippen MR) is 140 cm³/mol. The maximum absolute atomic E-state index is 13.8. The van der Waals surface area contributed by atoms with Crippen LogP contribution >= 0.6 is 22.9 Å². The van der Waals surface area contributed by atoms with Gasteiger partial charge in [-0.05, 0) is 55.0 Å². The zero-order chi connectivity index (χ0) is 25.0. The van der Waals surface area contributed by atoms with E-state index in [1.807, 2.05) is 13.0 Å². The maximum Gasteiger partial charge on any atom is 0.297 e. The van der Waals surface area contributed by atoms with Crippen LogP contribution < -0.4 is 19.8 Å². The van der Waals surface area contributed by atoms with Crippen molar-refractivity contribution < 1.29 is 18.7 Å². The minimum Gasteiger partial charge on any atom is -0.493 e. The Kier molecular flexibility index (Phi) is 5.43. The van der Waals surface area contributed by atoms with Crippen LogP contribution in [0.15, 0.2) is 69.9 Å². The highest BCUT2D eigenvalue weighted by Gasteiger charge is 2.45. The highest BCUT2D eigenvalue weighted by Crippen LogP contribution is 2.45. The summed E-state index contributed by atoms with van der Waals surface area (Å²) < 4.78 is 18.1. The Morgan fingerprint density at radius 3 is 2.72 bits per heavy atom. The maximum atomic E-state index is 13.8. The van der Waals surface area contributed by atoms with E-state index in [4.69, 9.17) is 30.5 Å². The predicted octanol–water partition coefficient (Wildman–Crippen LogP) is 6.21. The molecule has 36 heavy (non-hydrogen) atoms. The van der Waals surface area contributed by atoms with Crippen molar-refractivity contribution in [2.45, 2.75) is 13.0 Å². The summed E-state index contributed by atoms with van der Waals surface area (Å²) in [6, 6.07) is 16.9. The van der Waals surface area contributed by atoms with E-state index in [0.29, 0.717) is 50.3 Å². The summed E-state index contributed by atoms with van der Waals surface area (Å²) in [4.78, 5) is 33.8. The Morgan fingerprint density at radius 2 is 1.92 bits per heavy atom. The summed E-state index contributed by atoms with van der Waals surface area (Å²) >= 11 is 7.51. The lowest BCUT2D eigenvalue weighted by Gasteiger charge is -2.23. The monoisotopic (exact) mass is 518 g/mol. The number of rotatable bonds is 5. The summed E-state index contributed by atoms with van der Waals surface area (Å²) in [5.74, 6) is 0.640. The van der Waals surface area contributed by atoms with E-state index in [2.05, 4.69) is 0 Å². The second kappa shape index (κ2) is 8.65. The van der Waals surface area contributed by atoms with Gasteiger partial charge in [0.1, 0.15) is 5.58 Å². The third-order valence-corrected chi connectivity index (χ3v) is 7.38. The summed E-state index contributed by atoms with van der Waals surface area (Å²) in [5, 5.41) is 1.42. The minimum absolute atomic E-state index is 0.00819. The summed E-state index contributed by atoms with van der Waals surface area (Å²) in [6.45, 7) is 2.35. The Hall–Kier alpha value is -3.88. The largest absolute Gasteiger partial charge is 0.493 e. The number of aromatic nitrogens is 1. The summed E-state index contributed by atoms with van der Waals surface area (Å²) in [7, 11) is 1.55. The molecule has 1 aliphatic heterocycles. The zero-order valence-electron chi connectivity index (χ0n) is 19.3. The van der Waals surface area contributed by atoms with Gasteiger partial charge in [-0.15, -0.1) is 0 Å². The van der Waals surface area contributed by atoms with Gasteiger partial charge in [-0.1, -0.05) is 41.1 Å². The fourth-order valence-electron chi connectivity index (χ4n) is 4.55. The third-order valence-electron chi connectivity index (χ3n) is 6.13. The van der Waals surface area contributed by atoms with Crippen LogP contribution in [0.2, 0.25) is 5.02 Å². The number of ether oxygens (including phenoxy) is 2. The quantitative estimate of drug-likeness (QED) is 0.275. The highest BCUT2D eigenvalue weighted by atomic mass is 35.5. The molecular formula is C27H19ClN2O5S. The first-order valence-electron chi connectivity index (χ1n) is 11.3. The fraction of sp³-hybridized carbons (Fsp3) is 0.148. The van der Waals surface area contributed by atoms with Gasteiger partial charge in [0.2, 0.25) is 5.76 Å². The van der Waals surface area contributed by atoms with E-state index >= 15 is 0 Å². The standard InChI is InChI=1S/C27H19ClN2O5S/c1-3-34-19-11-8-14(12-20(19)33-2)23-22-24(31)16-6-4-5-7-18(16)35-25(22)26(32)30(23)27-29-17-10-9-15(28)13-21(17)36-27/h4-13,23H,3H2,1-2H3. The van der Waals surface area contributed by atoms with Crippen LogP contribution in [-0.4, -0.2) is 24.6 Å². The van der Waals surface area contributed by atoms with Crippen LogP contribution in [0.3, 0.4) is 0 Å². The van der Waals surface area contributed by atoms with Crippen molar-refractivity contribution in [2.75, 3.05) is 18.6 Å². The number of methoxy groups -OCH3 is 1. The van der Waals surface area contributed by atoms with Crippen molar-refractivity contribution in [3.8, 4) is 11.5 Å². The van der Waals surface area contributed by atoms with Crippen molar-refractivity contribution in [1.82, 2.24) is 4.98 Å². The molecule has 5 aromatic rings. The van der Waals surface area contributed by atoms with Crippen LogP contribution in [0.4, 0.5) is 5.13 Å². The molecule has 1 unspecified atom stereocenters. The molecular weight excluding hydrogens is 500 g/mol. The molecule has 0 saturated carbocycles. The minimum atomic E-state index is -0.769. The third kappa shape index (κ3) is 3.44. The Bertz CT molecular complexity index is 1730. The molecule has 0 fully saturated rings. The number of amides is 1. The van der Waals surface area contributed by atoms with Gasteiger partial charge >= 0.3 is 0 Å². The molecule has 7 nitrogen and oxygen atoms in total. The average Bonchev–Trinajstić information content (AvgIpc) is 3.43. The Balaban J connectivity index is 1.61. The number of anilines is 1. The van der Waals surface area contributed by atoms with Crippen molar-refractivity contribution in [1.29, 1.82) is 0 Å². The summed E-state index contributed by atoms with van der Waals surface area (Å²) in [6.07, 6.45) is 0. The van der Waals surface area contributed by atoms with Gasteiger partial charge in [0.25, 0.3) is 5.91 Å². The van der Waals surface area contributed by atoms with Crippen molar-refractivity contribution >= 4 is 55.2 Å². The molecule has 0 bridgehead atoms. The molecule has 2 aromatic heterocycles. The number of halogens is 1. The molecule has 1 atom stereocenters. The molecule has 0 saturated heterocycles. The molecule has 3 heterocycles. The molecule has 0 radical (unpaired) electrons. The van der Waals surface area contributed by atoms with Gasteiger partial charge in [-0.3, -0.25) is 14.5 Å². The molecule has 1 aliphatic rings. The van der Waals surface area contributed by atoms with E-state index in [9.17, 15) is 9.59 Å². The molecule has 1 amide bonds. The van der Waals surface area contributed by atoms with Crippen LogP contribution in [0.5, 0.6) is 11.5 Å². The van der Waals surface area contributed by atoms with Gasteiger partial charge in [0.05, 0.1) is 40.9 Å². The molecule has 3 aromatic carbocycles. The van der Waals surface area contributed by atoms with Crippen LogP contribution in [0.25, 0.3) is 21.2 Å². The van der Waals surface area contributed by atoms with Crippen LogP contribution in [-0.2, 0) is 0 Å². The normalized spacial score (nSPS) is 15.0. The van der Waals surface area contributed by atoms with Gasteiger partial charge in [-0.25, -0.2) is 4.98 Å². The van der Waals surface area contributed by atoms with Gasteiger partial charge in [0, 0.05) is 5.02 Å². The number of para-hydroxylation sites is 1. The first-order chi connectivity index (χ1) is 17.5. The van der Waals surface area contributed by atoms with E-state index < -0.39 is 11.9 Å². The highest BCUT2D eigenvalue weighted by molar-refractivity contribution is 7.22. The van der Waals surface area contributed by atoms with Gasteiger partial charge < -0.3 is 13.9 Å². The van der Waals surface area contributed by atoms with Gasteiger partial charge in [0.15, 0.2) is 22.1 Å². The van der Waals surface area contributed by atoms with Crippen molar-refractivity contribution in [3.05, 3.63) is 92.8 Å². The van der Waals surface area contributed by atoms with E-state index in [1.54, 1.807) is 61.7 Å². The smallest absolute Gasteiger partial charge is 0.297 e. The average molecular weight is 519 g/mol. The molecule has 0 spiro atoms. The molecule has 180 valence electrons. The topological polar surface area (TPSA) is 81.9 Å². The van der Waals surface area contributed by atoms with Gasteiger partial charge in [-0.2, -0.15) is 0 Å². The number of hydrogen-bond acceptors (Lipinski definition) is 7. The second-order valence-electron chi connectivity index (χ2n) is 8.20. The Morgan fingerprint density at radius 1 is 1.08 bits per heavy atom. The van der Waals surface area contributed by atoms with E-state index in [0.717, 1.165) is 4.70 Å². The van der Waals surface area contributed by atoms with Crippen molar-refractivity contribution in [3.63, 3.8) is 0 Å². The van der Waals surface area contributed by atoms with E-state index in [-0.39, 0.29) is 16.8 Å². The number of hydrogen-bond donors (Lipinski definition) is 0. The lowest BCUT2D eigenvalue weighted by molar-refractivity contribution is 0.0971. The lowest BCUT2D eigenvalue weighted by Crippen LogP contribution is -2.29. The van der Waals surface area contributed by atoms with Crippen molar-refractivity contribution in [2.24, 2.45) is 0 Å². The molecule has 0 aliphatic carbocycles. The number of carbonyl (C=O) groups excluding carboxylic acids is 1. The van der Waals surface area contributed by atoms with Crippen LogP contribution in [0.1, 0.15) is 34.6 Å². The zero-order valence-corrected chi connectivity index (χ0v) is 20.9. The molecule has 0 N–H and O–H groups in total. The van der Waals surface area contributed by atoms with Crippen LogP contribution in [0, 0.1) is 0 Å². The number of fused-ring (bicyclic) bond motifs is 3. The second-order valence-corrected chi connectivity index (χ2v) is 9.65. The fourth-order valence-corrected chi connectivity index (χ4v) is 5.82. The molecule has 9 heteroatoms. The lowest BCUT2D eigenvalue weighted by atomic mass is 9.98. The number of nitrogens with zero attached hydrogens (tertiary/aromatic N) is 2. The first kappa shape index (κ1) is 22.6. The van der Waals surface area contributed by atoms with E-state index in [1.165, 1.54) is 16.2 Å². The number of carbonyl (C=O) groups is 1. The number of benzene rings is 3. The SMILES string of the molecule is CCOc1ccc(C2c3c(oc4ccccc4c3=O)C(=O)N2c2nc3ccc(Cl)cc3s2)cc1OC. The Labute approximate surface area is 214 Å². The summed E-state index contributed by atoms with van der Waals surface area (Å²) in [5.41, 5.74) is 1.74. The first-order valence-corrected chi connectivity index (χ1v) is 12.5. The molecule has 6 rings (SSSR count).